The van der Waals surface area contributed by atoms with Crippen LogP contribution in [0.4, 0.5) is 0 Å². The summed E-state index contributed by atoms with van der Waals surface area (Å²) >= 11 is 0.284. The molecular weight excluding hydrogens is 211 g/mol. The quantitative estimate of drug-likeness (QED) is 0.550. The molecule has 0 radical (unpaired) electrons. The molecule has 0 bridgehead atoms. The standard InChI is InChI=1S/C7H9I/c1-6-3-4-8-5-7(6)2/h3-5H,1-2H3. The lowest BCUT2D eigenvalue weighted by Gasteiger charge is -1.99. The summed E-state index contributed by atoms with van der Waals surface area (Å²) < 4.78 is 4.65. The van der Waals surface area contributed by atoms with Crippen molar-refractivity contribution < 1.29 is 0 Å². The number of hydrogen-bond acceptors (Lipinski definition) is 0. The van der Waals surface area contributed by atoms with E-state index in [0.29, 0.717) is 0 Å². The summed E-state index contributed by atoms with van der Waals surface area (Å²) in [5, 5.41) is 0. The van der Waals surface area contributed by atoms with E-state index < -0.39 is 0 Å². The van der Waals surface area contributed by atoms with Crippen LogP contribution in [0.3, 0.4) is 0 Å². The first kappa shape index (κ1) is 6.20. The Kier molecular flexibility index (Phi) is 2.00. The van der Waals surface area contributed by atoms with E-state index in [0.717, 1.165) is 0 Å². The van der Waals surface area contributed by atoms with E-state index >= 15 is 0 Å². The minimum absolute atomic E-state index is 0.284. The van der Waals surface area contributed by atoms with Gasteiger partial charge in [0.05, 0.1) is 0 Å². The molecule has 0 unspecified atom stereocenters. The van der Waals surface area contributed by atoms with Gasteiger partial charge in [0, 0.05) is 0 Å². The second kappa shape index (κ2) is 2.58. The third-order valence-corrected chi connectivity index (χ3v) is 3.30. The van der Waals surface area contributed by atoms with Gasteiger partial charge in [-0.05, 0) is 33.1 Å². The molecule has 0 N–H and O–H groups in total. The zero-order valence-corrected chi connectivity index (χ0v) is 7.27. The molecule has 1 aliphatic heterocycles. The minimum atomic E-state index is 0.284. The predicted molar refractivity (Wildman–Crippen MR) is 47.6 cm³/mol. The van der Waals surface area contributed by atoms with Gasteiger partial charge in [-0.2, -0.15) is 0 Å². The molecule has 0 nitrogen and oxygen atoms in total. The third kappa shape index (κ3) is 1.28. The Morgan fingerprint density at radius 3 is 2.38 bits per heavy atom. The highest BCUT2D eigenvalue weighted by molar-refractivity contribution is 14.2. The fraction of sp³-hybridized carbons (Fsp3) is 0.286. The molecule has 0 atom stereocenters. The van der Waals surface area contributed by atoms with Crippen molar-refractivity contribution in [2.24, 2.45) is 0 Å². The van der Waals surface area contributed by atoms with Crippen molar-refractivity contribution in [2.45, 2.75) is 13.8 Å². The second-order valence-electron chi connectivity index (χ2n) is 1.89. The Bertz CT molecular complexity index is 153. The number of hydrogen-bond donors (Lipinski definition) is 0. The molecule has 0 saturated carbocycles. The lowest BCUT2D eigenvalue weighted by atomic mass is 10.1. The van der Waals surface area contributed by atoms with Crippen LogP contribution >= 0.6 is 20.7 Å². The average molecular weight is 220 g/mol. The van der Waals surface area contributed by atoms with E-state index in [2.05, 4.69) is 28.0 Å². The van der Waals surface area contributed by atoms with Crippen LogP contribution in [0.25, 0.3) is 0 Å². The first-order valence-corrected chi connectivity index (χ1v) is 5.09. The largest absolute Gasteiger partial charge is 0.0934 e. The Morgan fingerprint density at radius 1 is 1.25 bits per heavy atom. The van der Waals surface area contributed by atoms with Gasteiger partial charge in [0.25, 0.3) is 0 Å². The monoisotopic (exact) mass is 220 g/mol. The van der Waals surface area contributed by atoms with Crippen LogP contribution in [0.15, 0.2) is 21.3 Å². The normalized spacial score (nSPS) is 18.8. The van der Waals surface area contributed by atoms with Gasteiger partial charge in [-0.3, -0.25) is 0 Å². The van der Waals surface area contributed by atoms with E-state index in [9.17, 15) is 0 Å². The van der Waals surface area contributed by atoms with Crippen molar-refractivity contribution in [2.75, 3.05) is 0 Å². The Balaban J connectivity index is 2.93. The molecule has 1 heteroatoms. The molecule has 0 saturated heterocycles. The van der Waals surface area contributed by atoms with Crippen molar-refractivity contribution in [1.29, 1.82) is 0 Å². The highest BCUT2D eigenvalue weighted by Gasteiger charge is 1.91. The molecule has 1 heterocycles. The van der Waals surface area contributed by atoms with Crippen LogP contribution in [0, 0.1) is 0 Å². The maximum atomic E-state index is 2.36. The Hall–Kier alpha value is 0.0800. The van der Waals surface area contributed by atoms with Crippen molar-refractivity contribution in [1.82, 2.24) is 0 Å². The van der Waals surface area contributed by atoms with Crippen LogP contribution in [-0.2, 0) is 0 Å². The van der Waals surface area contributed by atoms with Gasteiger partial charge in [-0.15, -0.1) is 0 Å². The molecular formula is C7H9I. The van der Waals surface area contributed by atoms with E-state index in [1.165, 1.54) is 11.1 Å². The fourth-order valence-electron chi connectivity index (χ4n) is 0.479. The lowest BCUT2D eigenvalue weighted by molar-refractivity contribution is 1.37. The first-order chi connectivity index (χ1) is 3.80. The van der Waals surface area contributed by atoms with E-state index in [-0.39, 0.29) is 20.7 Å². The first-order valence-electron chi connectivity index (χ1n) is 2.60. The van der Waals surface area contributed by atoms with Crippen molar-refractivity contribution >= 4 is 24.7 Å². The molecule has 8 heavy (non-hydrogen) atoms. The second-order valence-corrected chi connectivity index (χ2v) is 3.95. The summed E-state index contributed by atoms with van der Waals surface area (Å²) in [7, 11) is 0. The van der Waals surface area contributed by atoms with Gasteiger partial charge in [-0.25, -0.2) is 0 Å². The zero-order valence-electron chi connectivity index (χ0n) is 5.11. The molecule has 0 aromatic heterocycles. The SMILES string of the molecule is CC1=CC=IC=C1C. The molecule has 0 aromatic carbocycles. The Labute approximate surface area is 60.0 Å². The smallest absolute Gasteiger partial charge is 0.0255 e. The number of allylic oxidation sites excluding steroid dienone is 3. The maximum Gasteiger partial charge on any atom is -0.0255 e. The van der Waals surface area contributed by atoms with Crippen LogP contribution in [0.2, 0.25) is 0 Å². The minimum Gasteiger partial charge on any atom is -0.0934 e. The van der Waals surface area contributed by atoms with Crippen LogP contribution in [-0.4, -0.2) is 4.01 Å². The maximum absolute atomic E-state index is 2.36. The lowest BCUT2D eigenvalue weighted by Crippen LogP contribution is -1.80. The molecule has 0 aliphatic carbocycles. The van der Waals surface area contributed by atoms with Gasteiger partial charge < -0.3 is 0 Å². The summed E-state index contributed by atoms with van der Waals surface area (Å²) in [6, 6.07) is 0. The predicted octanol–water partition coefficient (Wildman–Crippen LogP) is 2.62. The fourth-order valence-corrected chi connectivity index (χ4v) is 2.46. The van der Waals surface area contributed by atoms with Gasteiger partial charge in [-0.1, -0.05) is 26.8 Å². The topological polar surface area (TPSA) is 0 Å². The molecule has 1 rings (SSSR count). The van der Waals surface area contributed by atoms with Crippen LogP contribution in [0.5, 0.6) is 0 Å². The summed E-state index contributed by atoms with van der Waals surface area (Å²) in [4.78, 5) is 0. The molecule has 0 amide bonds. The van der Waals surface area contributed by atoms with E-state index in [1.54, 1.807) is 0 Å². The molecule has 44 valence electrons. The number of rotatable bonds is 0. The summed E-state index contributed by atoms with van der Waals surface area (Å²) in [6.07, 6.45) is 2.22. The van der Waals surface area contributed by atoms with E-state index in [1.807, 2.05) is 0 Å². The van der Waals surface area contributed by atoms with Crippen LogP contribution < -0.4 is 0 Å². The highest BCUT2D eigenvalue weighted by atomic mass is 127. The van der Waals surface area contributed by atoms with E-state index in [4.69, 9.17) is 0 Å². The molecule has 0 aromatic rings. The molecule has 0 spiro atoms. The molecule has 1 aliphatic rings. The third-order valence-electron chi connectivity index (χ3n) is 1.23. The van der Waals surface area contributed by atoms with Crippen molar-refractivity contribution in [3.05, 3.63) is 21.3 Å². The van der Waals surface area contributed by atoms with Gasteiger partial charge in [0.2, 0.25) is 0 Å². The van der Waals surface area contributed by atoms with Gasteiger partial charge in [0.1, 0.15) is 0 Å². The summed E-state index contributed by atoms with van der Waals surface area (Å²) in [5.74, 6) is 0. The summed E-state index contributed by atoms with van der Waals surface area (Å²) in [6.45, 7) is 4.34. The Morgan fingerprint density at radius 2 is 2.00 bits per heavy atom. The van der Waals surface area contributed by atoms with Gasteiger partial charge >= 0.3 is 0 Å². The summed E-state index contributed by atoms with van der Waals surface area (Å²) in [5.41, 5.74) is 2.90. The van der Waals surface area contributed by atoms with Crippen LogP contribution in [0.1, 0.15) is 13.8 Å². The number of halogens is 1. The zero-order chi connectivity index (χ0) is 5.98. The van der Waals surface area contributed by atoms with Crippen molar-refractivity contribution in [3.8, 4) is 0 Å². The molecule has 0 fully saturated rings. The van der Waals surface area contributed by atoms with Gasteiger partial charge in [0.15, 0.2) is 0 Å². The van der Waals surface area contributed by atoms with Crippen molar-refractivity contribution in [3.63, 3.8) is 0 Å². The average Bonchev–Trinajstić information content (AvgIpc) is 1.77. The highest BCUT2D eigenvalue weighted by Crippen LogP contribution is 2.16.